The smallest absolute Gasteiger partial charge is 0.126 e. The standard InChI is InChI=1S/C16H19F2NO/c1-2-11-4-3-5-16(9-11,10-19)15(20)12-6-13(17)8-14(18)7-12/h6-8,11,15,20H,2-5,9H2,1H3. The number of nitrogens with zero attached hydrogens (tertiary/aromatic N) is 1. The molecule has 1 saturated carbocycles. The molecule has 20 heavy (non-hydrogen) atoms. The summed E-state index contributed by atoms with van der Waals surface area (Å²) in [7, 11) is 0. The van der Waals surface area contributed by atoms with E-state index in [0.717, 1.165) is 37.5 Å². The molecule has 3 atom stereocenters. The minimum absolute atomic E-state index is 0.154. The Morgan fingerprint density at radius 2 is 2.05 bits per heavy atom. The second-order valence-corrected chi connectivity index (χ2v) is 5.74. The van der Waals surface area contributed by atoms with Gasteiger partial charge in [-0.15, -0.1) is 0 Å². The molecule has 1 N–H and O–H groups in total. The number of halogens is 2. The van der Waals surface area contributed by atoms with Gasteiger partial charge in [-0.05, 0) is 36.5 Å². The molecular weight excluding hydrogens is 260 g/mol. The molecule has 4 heteroatoms. The van der Waals surface area contributed by atoms with E-state index in [2.05, 4.69) is 13.0 Å². The Bertz CT molecular complexity index is 505. The van der Waals surface area contributed by atoms with Crippen LogP contribution in [0, 0.1) is 34.3 Å². The summed E-state index contributed by atoms with van der Waals surface area (Å²) in [5.41, 5.74) is -0.778. The first kappa shape index (κ1) is 14.9. The summed E-state index contributed by atoms with van der Waals surface area (Å²) in [6.07, 6.45) is 2.87. The van der Waals surface area contributed by atoms with Gasteiger partial charge in [0, 0.05) is 6.07 Å². The van der Waals surface area contributed by atoms with E-state index in [-0.39, 0.29) is 5.56 Å². The summed E-state index contributed by atoms with van der Waals surface area (Å²) in [5, 5.41) is 20.0. The molecule has 1 aromatic rings. The van der Waals surface area contributed by atoms with Gasteiger partial charge in [0.1, 0.15) is 11.6 Å². The molecule has 1 aliphatic rings. The van der Waals surface area contributed by atoms with Gasteiger partial charge in [-0.1, -0.05) is 26.2 Å². The van der Waals surface area contributed by atoms with Crippen molar-refractivity contribution in [3.05, 3.63) is 35.4 Å². The van der Waals surface area contributed by atoms with Crippen LogP contribution < -0.4 is 0 Å². The normalized spacial score (nSPS) is 27.9. The number of aliphatic hydroxyl groups excluding tert-OH is 1. The Morgan fingerprint density at radius 3 is 2.60 bits per heavy atom. The maximum Gasteiger partial charge on any atom is 0.126 e. The van der Waals surface area contributed by atoms with Crippen LogP contribution in [0.3, 0.4) is 0 Å². The molecule has 2 rings (SSSR count). The average molecular weight is 279 g/mol. The van der Waals surface area contributed by atoms with Gasteiger partial charge in [0.2, 0.25) is 0 Å². The van der Waals surface area contributed by atoms with Crippen LogP contribution in [0.15, 0.2) is 18.2 Å². The molecule has 0 aliphatic heterocycles. The Morgan fingerprint density at radius 1 is 1.40 bits per heavy atom. The van der Waals surface area contributed by atoms with Gasteiger partial charge in [-0.3, -0.25) is 0 Å². The van der Waals surface area contributed by atoms with E-state index < -0.39 is 23.2 Å². The highest BCUT2D eigenvalue weighted by atomic mass is 19.1. The molecule has 0 aromatic heterocycles. The molecule has 2 nitrogen and oxygen atoms in total. The van der Waals surface area contributed by atoms with Gasteiger partial charge in [-0.25, -0.2) is 8.78 Å². The average Bonchev–Trinajstić information content (AvgIpc) is 2.45. The number of nitriles is 1. The lowest BCUT2D eigenvalue weighted by Gasteiger charge is -2.39. The lowest BCUT2D eigenvalue weighted by molar-refractivity contribution is 0.0181. The van der Waals surface area contributed by atoms with Crippen LogP contribution in [-0.2, 0) is 0 Å². The van der Waals surface area contributed by atoms with Crippen molar-refractivity contribution >= 4 is 0 Å². The minimum Gasteiger partial charge on any atom is -0.387 e. The van der Waals surface area contributed by atoms with Crippen LogP contribution in [-0.4, -0.2) is 5.11 Å². The van der Waals surface area contributed by atoms with E-state index in [1.165, 1.54) is 0 Å². The van der Waals surface area contributed by atoms with Gasteiger partial charge in [0.25, 0.3) is 0 Å². The minimum atomic E-state index is -1.15. The maximum absolute atomic E-state index is 13.3. The Hall–Kier alpha value is -1.47. The van der Waals surface area contributed by atoms with Crippen molar-refractivity contribution in [1.82, 2.24) is 0 Å². The number of benzene rings is 1. The molecule has 1 fully saturated rings. The third kappa shape index (κ3) is 2.83. The van der Waals surface area contributed by atoms with Gasteiger partial charge < -0.3 is 5.11 Å². The molecular formula is C16H19F2NO. The largest absolute Gasteiger partial charge is 0.387 e. The molecule has 0 amide bonds. The second kappa shape index (κ2) is 5.88. The topological polar surface area (TPSA) is 44.0 Å². The predicted molar refractivity (Wildman–Crippen MR) is 71.6 cm³/mol. The highest BCUT2D eigenvalue weighted by molar-refractivity contribution is 5.25. The summed E-state index contributed by atoms with van der Waals surface area (Å²) >= 11 is 0. The van der Waals surface area contributed by atoms with Crippen molar-refractivity contribution in [2.45, 2.75) is 45.1 Å². The quantitative estimate of drug-likeness (QED) is 0.905. The Kier molecular flexibility index (Phi) is 4.39. The highest BCUT2D eigenvalue weighted by Gasteiger charge is 2.43. The third-order valence-electron chi connectivity index (χ3n) is 4.41. The van der Waals surface area contributed by atoms with Crippen LogP contribution >= 0.6 is 0 Å². The zero-order chi connectivity index (χ0) is 14.8. The van der Waals surface area contributed by atoms with Crippen molar-refractivity contribution < 1.29 is 13.9 Å². The van der Waals surface area contributed by atoms with E-state index in [1.54, 1.807) is 0 Å². The van der Waals surface area contributed by atoms with Crippen LogP contribution in [0.4, 0.5) is 8.78 Å². The SMILES string of the molecule is CCC1CCCC(C#N)(C(O)c2cc(F)cc(F)c2)C1. The van der Waals surface area contributed by atoms with Crippen molar-refractivity contribution in [3.8, 4) is 6.07 Å². The molecule has 108 valence electrons. The van der Waals surface area contributed by atoms with Crippen LogP contribution in [0.2, 0.25) is 0 Å². The Balaban J connectivity index is 2.33. The predicted octanol–water partition coefficient (Wildman–Crippen LogP) is 4.11. The number of hydrogen-bond acceptors (Lipinski definition) is 2. The fraction of sp³-hybridized carbons (Fsp3) is 0.562. The summed E-state index contributed by atoms with van der Waals surface area (Å²) < 4.78 is 26.6. The molecule has 0 saturated heterocycles. The monoisotopic (exact) mass is 279 g/mol. The summed E-state index contributed by atoms with van der Waals surface area (Å²) in [5.74, 6) is -1.07. The van der Waals surface area contributed by atoms with E-state index in [9.17, 15) is 19.1 Å². The van der Waals surface area contributed by atoms with E-state index >= 15 is 0 Å². The van der Waals surface area contributed by atoms with Crippen molar-refractivity contribution in [1.29, 1.82) is 5.26 Å². The first-order valence-corrected chi connectivity index (χ1v) is 7.06. The molecule has 3 unspecified atom stereocenters. The second-order valence-electron chi connectivity index (χ2n) is 5.74. The fourth-order valence-corrected chi connectivity index (χ4v) is 3.24. The van der Waals surface area contributed by atoms with Crippen molar-refractivity contribution in [2.24, 2.45) is 11.3 Å². The molecule has 1 aliphatic carbocycles. The van der Waals surface area contributed by atoms with E-state index in [4.69, 9.17) is 0 Å². The molecule has 0 radical (unpaired) electrons. The summed E-state index contributed by atoms with van der Waals surface area (Å²) in [4.78, 5) is 0. The molecule has 1 aromatic carbocycles. The maximum atomic E-state index is 13.3. The third-order valence-corrected chi connectivity index (χ3v) is 4.41. The molecule has 0 spiro atoms. The molecule has 0 heterocycles. The van der Waals surface area contributed by atoms with E-state index in [1.807, 2.05) is 0 Å². The van der Waals surface area contributed by atoms with Crippen molar-refractivity contribution in [3.63, 3.8) is 0 Å². The van der Waals surface area contributed by atoms with Gasteiger partial charge >= 0.3 is 0 Å². The van der Waals surface area contributed by atoms with Gasteiger partial charge in [0.15, 0.2) is 0 Å². The van der Waals surface area contributed by atoms with Crippen LogP contribution in [0.5, 0.6) is 0 Å². The van der Waals surface area contributed by atoms with Crippen LogP contribution in [0.25, 0.3) is 0 Å². The zero-order valence-electron chi connectivity index (χ0n) is 11.6. The lowest BCUT2D eigenvalue weighted by Crippen LogP contribution is -2.33. The summed E-state index contributed by atoms with van der Waals surface area (Å²) in [6, 6.07) is 5.22. The van der Waals surface area contributed by atoms with E-state index in [0.29, 0.717) is 18.8 Å². The fourth-order valence-electron chi connectivity index (χ4n) is 3.24. The number of hydrogen-bond donors (Lipinski definition) is 1. The Labute approximate surface area is 118 Å². The summed E-state index contributed by atoms with van der Waals surface area (Å²) in [6.45, 7) is 2.06. The van der Waals surface area contributed by atoms with Crippen LogP contribution in [0.1, 0.15) is 50.7 Å². The first-order chi connectivity index (χ1) is 9.50. The number of aliphatic hydroxyl groups is 1. The van der Waals surface area contributed by atoms with Crippen molar-refractivity contribution in [2.75, 3.05) is 0 Å². The van der Waals surface area contributed by atoms with Gasteiger partial charge in [0.05, 0.1) is 17.6 Å². The first-order valence-electron chi connectivity index (χ1n) is 7.06. The number of rotatable bonds is 3. The zero-order valence-corrected chi connectivity index (χ0v) is 11.6. The molecule has 0 bridgehead atoms. The highest BCUT2D eigenvalue weighted by Crippen LogP contribution is 2.48. The van der Waals surface area contributed by atoms with Gasteiger partial charge in [-0.2, -0.15) is 5.26 Å². The lowest BCUT2D eigenvalue weighted by atomic mass is 9.65.